The third kappa shape index (κ3) is 8.54. The van der Waals surface area contributed by atoms with Crippen LogP contribution in [0, 0.1) is 0 Å². The van der Waals surface area contributed by atoms with Crippen molar-refractivity contribution < 1.29 is 14.3 Å². The number of hydrogen-bond donors (Lipinski definition) is 1. The van der Waals surface area contributed by atoms with E-state index in [1.807, 2.05) is 42.5 Å². The molecule has 0 radical (unpaired) electrons. The van der Waals surface area contributed by atoms with Crippen LogP contribution < -0.4 is 10.1 Å². The van der Waals surface area contributed by atoms with E-state index in [9.17, 15) is 9.59 Å². The van der Waals surface area contributed by atoms with Gasteiger partial charge in [-0.1, -0.05) is 79.0 Å². The highest BCUT2D eigenvalue weighted by Crippen LogP contribution is 2.28. The molecule has 0 spiro atoms. The molecule has 0 fully saturated rings. The van der Waals surface area contributed by atoms with Gasteiger partial charge in [0.1, 0.15) is 11.8 Å². The third-order valence-electron chi connectivity index (χ3n) is 5.61. The molecule has 0 saturated heterocycles. The highest BCUT2D eigenvalue weighted by Gasteiger charge is 2.30. The normalized spacial score (nSPS) is 11.6. The molecule has 0 aliphatic carbocycles. The average Bonchev–Trinajstić information content (AvgIpc) is 2.87. The van der Waals surface area contributed by atoms with Crippen molar-refractivity contribution in [3.05, 3.63) is 98.4 Å². The summed E-state index contributed by atoms with van der Waals surface area (Å²) < 4.78 is 6.46. The van der Waals surface area contributed by atoms with Crippen molar-refractivity contribution in [3.8, 4) is 5.75 Å². The van der Waals surface area contributed by atoms with Crippen molar-refractivity contribution >= 4 is 50.9 Å². The van der Waals surface area contributed by atoms with Gasteiger partial charge in [0, 0.05) is 29.6 Å². The van der Waals surface area contributed by atoms with Crippen molar-refractivity contribution in [3.63, 3.8) is 0 Å². The lowest BCUT2D eigenvalue weighted by atomic mass is 10.0. The topological polar surface area (TPSA) is 58.6 Å². The fourth-order valence-electron chi connectivity index (χ4n) is 3.66. The number of amides is 2. The van der Waals surface area contributed by atoms with Gasteiger partial charge in [-0.15, -0.1) is 0 Å². The fraction of sp³-hybridized carbons (Fsp3) is 0.286. The maximum atomic E-state index is 13.6. The number of carbonyl (C=O) groups excluding carboxylic acids is 2. The van der Waals surface area contributed by atoms with Gasteiger partial charge in [0.15, 0.2) is 6.61 Å². The highest BCUT2D eigenvalue weighted by atomic mass is 79.9. The smallest absolute Gasteiger partial charge is 0.261 e. The van der Waals surface area contributed by atoms with Crippen LogP contribution in [-0.4, -0.2) is 35.9 Å². The van der Waals surface area contributed by atoms with Crippen LogP contribution in [0.3, 0.4) is 0 Å². The monoisotopic (exact) mass is 590 g/mol. The Balaban J connectivity index is 1.88. The lowest BCUT2D eigenvalue weighted by molar-refractivity contribution is -0.142. The van der Waals surface area contributed by atoms with Crippen LogP contribution >= 0.6 is 39.1 Å². The molecule has 0 saturated carbocycles. The van der Waals surface area contributed by atoms with E-state index in [1.54, 1.807) is 35.2 Å². The standard InChI is InChI=1S/C28H29BrCl2N2O3/c1-2-3-15-32-28(35)25(16-20-7-5-4-6-8-20)33(18-21-9-11-22(30)12-10-21)27(34)19-36-26-14-13-23(31)17-24(26)29/h4-14,17,25H,2-3,15-16,18-19H2,1H3,(H,32,35). The number of benzene rings is 3. The second kappa shape index (κ2) is 14.3. The zero-order valence-corrected chi connectivity index (χ0v) is 23.2. The first-order valence-corrected chi connectivity index (χ1v) is 13.4. The number of nitrogens with one attached hydrogen (secondary N) is 1. The van der Waals surface area contributed by atoms with Crippen LogP contribution in [-0.2, 0) is 22.6 Å². The number of hydrogen-bond acceptors (Lipinski definition) is 3. The number of rotatable bonds is 12. The summed E-state index contributed by atoms with van der Waals surface area (Å²) in [5, 5.41) is 4.16. The van der Waals surface area contributed by atoms with E-state index >= 15 is 0 Å². The Morgan fingerprint density at radius 3 is 2.33 bits per heavy atom. The Labute approximate surface area is 230 Å². The van der Waals surface area contributed by atoms with Crippen LogP contribution in [0.4, 0.5) is 0 Å². The first-order chi connectivity index (χ1) is 17.4. The summed E-state index contributed by atoms with van der Waals surface area (Å²) in [5.74, 6) is -0.00753. The predicted molar refractivity (Wildman–Crippen MR) is 149 cm³/mol. The van der Waals surface area contributed by atoms with Gasteiger partial charge in [-0.05, 0) is 63.8 Å². The van der Waals surface area contributed by atoms with E-state index in [-0.39, 0.29) is 25.0 Å². The van der Waals surface area contributed by atoms with Crippen molar-refractivity contribution in [2.24, 2.45) is 0 Å². The van der Waals surface area contributed by atoms with Gasteiger partial charge in [0.25, 0.3) is 5.91 Å². The Bertz CT molecular complexity index is 1140. The molecule has 1 unspecified atom stereocenters. The van der Waals surface area contributed by atoms with Crippen LogP contribution in [0.25, 0.3) is 0 Å². The summed E-state index contributed by atoms with van der Waals surface area (Å²) in [4.78, 5) is 28.6. The molecule has 3 rings (SSSR count). The van der Waals surface area contributed by atoms with E-state index in [1.165, 1.54) is 0 Å². The summed E-state index contributed by atoms with van der Waals surface area (Å²) in [6.07, 6.45) is 2.20. The first-order valence-electron chi connectivity index (χ1n) is 11.8. The van der Waals surface area contributed by atoms with E-state index in [0.29, 0.717) is 33.2 Å². The minimum atomic E-state index is -0.718. The molecule has 0 heterocycles. The van der Waals surface area contributed by atoms with Crippen LogP contribution in [0.5, 0.6) is 5.75 Å². The Morgan fingerprint density at radius 1 is 0.972 bits per heavy atom. The van der Waals surface area contributed by atoms with Gasteiger partial charge in [-0.3, -0.25) is 9.59 Å². The maximum absolute atomic E-state index is 13.6. The lowest BCUT2D eigenvalue weighted by Crippen LogP contribution is -2.51. The van der Waals surface area contributed by atoms with Crippen molar-refractivity contribution in [1.29, 1.82) is 0 Å². The number of ether oxygens (including phenoxy) is 1. The number of carbonyl (C=O) groups is 2. The molecule has 36 heavy (non-hydrogen) atoms. The van der Waals surface area contributed by atoms with Gasteiger partial charge >= 0.3 is 0 Å². The maximum Gasteiger partial charge on any atom is 0.261 e. The Morgan fingerprint density at radius 2 is 1.67 bits per heavy atom. The van der Waals surface area contributed by atoms with Crippen molar-refractivity contribution in [1.82, 2.24) is 10.2 Å². The molecule has 5 nitrogen and oxygen atoms in total. The summed E-state index contributed by atoms with van der Waals surface area (Å²) in [6, 6.07) is 21.3. The zero-order valence-electron chi connectivity index (χ0n) is 20.1. The second-order valence-electron chi connectivity index (χ2n) is 8.36. The minimum Gasteiger partial charge on any atom is -0.483 e. The molecule has 1 atom stereocenters. The highest BCUT2D eigenvalue weighted by molar-refractivity contribution is 9.10. The van der Waals surface area contributed by atoms with E-state index < -0.39 is 6.04 Å². The van der Waals surface area contributed by atoms with Crippen molar-refractivity contribution in [2.45, 2.75) is 38.8 Å². The molecular weight excluding hydrogens is 563 g/mol. The molecule has 3 aromatic rings. The first kappa shape index (κ1) is 28.0. The van der Waals surface area contributed by atoms with Crippen LogP contribution in [0.1, 0.15) is 30.9 Å². The molecule has 0 bridgehead atoms. The lowest BCUT2D eigenvalue weighted by Gasteiger charge is -2.31. The van der Waals surface area contributed by atoms with Crippen LogP contribution in [0.15, 0.2) is 77.3 Å². The Kier molecular flexibility index (Phi) is 11.1. The molecule has 0 aromatic heterocycles. The van der Waals surface area contributed by atoms with Gasteiger partial charge < -0.3 is 15.0 Å². The molecule has 190 valence electrons. The largest absolute Gasteiger partial charge is 0.483 e. The van der Waals surface area contributed by atoms with Gasteiger partial charge in [-0.2, -0.15) is 0 Å². The average molecular weight is 592 g/mol. The minimum absolute atomic E-state index is 0.192. The van der Waals surface area contributed by atoms with Gasteiger partial charge in [-0.25, -0.2) is 0 Å². The van der Waals surface area contributed by atoms with Crippen LogP contribution in [0.2, 0.25) is 10.0 Å². The third-order valence-corrected chi connectivity index (χ3v) is 6.72. The SMILES string of the molecule is CCCCNC(=O)C(Cc1ccccc1)N(Cc1ccc(Cl)cc1)C(=O)COc1ccc(Cl)cc1Br. The fourth-order valence-corrected chi connectivity index (χ4v) is 4.58. The Hall–Kier alpha value is -2.54. The quantitative estimate of drug-likeness (QED) is 0.239. The van der Waals surface area contributed by atoms with Gasteiger partial charge in [0.05, 0.1) is 4.47 Å². The number of nitrogens with zero attached hydrogens (tertiary/aromatic N) is 1. The summed E-state index contributed by atoms with van der Waals surface area (Å²) >= 11 is 15.5. The molecule has 2 amide bonds. The zero-order chi connectivity index (χ0) is 25.9. The number of unbranched alkanes of at least 4 members (excludes halogenated alkanes) is 1. The van der Waals surface area contributed by atoms with E-state index in [0.717, 1.165) is 24.0 Å². The predicted octanol–water partition coefficient (Wildman–Crippen LogP) is 6.69. The molecular formula is C28H29BrCl2N2O3. The number of halogens is 3. The van der Waals surface area contributed by atoms with E-state index in [2.05, 4.69) is 28.2 Å². The van der Waals surface area contributed by atoms with E-state index in [4.69, 9.17) is 27.9 Å². The molecule has 1 N–H and O–H groups in total. The van der Waals surface area contributed by atoms with Crippen molar-refractivity contribution in [2.75, 3.05) is 13.2 Å². The molecule has 3 aromatic carbocycles. The summed E-state index contributed by atoms with van der Waals surface area (Å²) in [6.45, 7) is 2.62. The van der Waals surface area contributed by atoms with Gasteiger partial charge in [0.2, 0.25) is 5.91 Å². The second-order valence-corrected chi connectivity index (χ2v) is 10.1. The molecule has 0 aliphatic rings. The molecule has 0 aliphatic heterocycles. The molecule has 8 heteroatoms. The summed E-state index contributed by atoms with van der Waals surface area (Å²) in [5.41, 5.74) is 1.82. The summed E-state index contributed by atoms with van der Waals surface area (Å²) in [7, 11) is 0.